The minimum absolute atomic E-state index is 0.234. The Morgan fingerprint density at radius 1 is 0.765 bits per heavy atom. The lowest BCUT2D eigenvalue weighted by Gasteiger charge is -2.16. The zero-order valence-electron chi connectivity index (χ0n) is 19.3. The van der Waals surface area contributed by atoms with Crippen LogP contribution in [-0.2, 0) is 16.0 Å². The molecule has 0 aromatic heterocycles. The third-order valence-corrected chi connectivity index (χ3v) is 5.67. The second kappa shape index (κ2) is 10.1. The van der Waals surface area contributed by atoms with Crippen LogP contribution < -0.4 is 19.5 Å². The number of rotatable bonds is 9. The van der Waals surface area contributed by atoms with E-state index in [1.54, 1.807) is 39.5 Å². The first-order valence-electron chi connectivity index (χ1n) is 10.8. The summed E-state index contributed by atoms with van der Waals surface area (Å²) < 4.78 is 15.9. The summed E-state index contributed by atoms with van der Waals surface area (Å²) in [5.41, 5.74) is 2.87. The van der Waals surface area contributed by atoms with Crippen molar-refractivity contribution >= 4 is 23.1 Å². The van der Waals surface area contributed by atoms with Crippen LogP contribution in [0.5, 0.6) is 17.2 Å². The molecule has 34 heavy (non-hydrogen) atoms. The molecule has 2 amide bonds. The van der Waals surface area contributed by atoms with Crippen molar-refractivity contribution in [2.75, 3.05) is 33.2 Å². The number of carbonyl (C=O) groups excluding carboxylic acids is 2. The third kappa shape index (κ3) is 4.59. The average molecular weight is 459 g/mol. The fourth-order valence-electron chi connectivity index (χ4n) is 3.86. The number of ether oxygens (including phenoxy) is 3. The molecule has 1 heterocycles. The van der Waals surface area contributed by atoms with Gasteiger partial charge in [-0.1, -0.05) is 42.5 Å². The van der Waals surface area contributed by atoms with Crippen molar-refractivity contribution < 1.29 is 23.8 Å². The van der Waals surface area contributed by atoms with E-state index in [-0.39, 0.29) is 24.1 Å². The van der Waals surface area contributed by atoms with Crippen LogP contribution in [0.15, 0.2) is 78.5 Å². The first-order valence-corrected chi connectivity index (χ1v) is 10.8. The van der Waals surface area contributed by atoms with Crippen LogP contribution in [0.2, 0.25) is 0 Å². The van der Waals surface area contributed by atoms with Crippen molar-refractivity contribution in [1.82, 2.24) is 4.90 Å². The number of hydrogen-bond donors (Lipinski definition) is 1. The summed E-state index contributed by atoms with van der Waals surface area (Å²) >= 11 is 0. The largest absolute Gasteiger partial charge is 0.497 e. The van der Waals surface area contributed by atoms with E-state index in [1.165, 1.54) is 4.90 Å². The lowest BCUT2D eigenvalue weighted by Crippen LogP contribution is -2.34. The molecular formula is C27H26N2O5. The monoisotopic (exact) mass is 458 g/mol. The van der Waals surface area contributed by atoms with Crippen LogP contribution in [0, 0.1) is 0 Å². The summed E-state index contributed by atoms with van der Waals surface area (Å²) in [5.74, 6) is 1.15. The van der Waals surface area contributed by atoms with Crippen molar-refractivity contribution in [1.29, 1.82) is 0 Å². The molecule has 1 aliphatic heterocycles. The van der Waals surface area contributed by atoms with Gasteiger partial charge in [-0.2, -0.15) is 0 Å². The minimum atomic E-state index is -0.368. The van der Waals surface area contributed by atoms with Crippen LogP contribution in [-0.4, -0.2) is 44.6 Å². The summed E-state index contributed by atoms with van der Waals surface area (Å²) in [6.07, 6.45) is 0.535. The number of hydrogen-bond acceptors (Lipinski definition) is 6. The van der Waals surface area contributed by atoms with E-state index in [1.807, 2.05) is 54.6 Å². The Morgan fingerprint density at radius 2 is 1.47 bits per heavy atom. The lowest BCUT2D eigenvalue weighted by atomic mass is 10.0. The van der Waals surface area contributed by atoms with Crippen LogP contribution >= 0.6 is 0 Å². The van der Waals surface area contributed by atoms with Crippen molar-refractivity contribution in [2.24, 2.45) is 0 Å². The van der Waals surface area contributed by atoms with Crippen molar-refractivity contribution in [3.63, 3.8) is 0 Å². The van der Waals surface area contributed by atoms with E-state index in [0.717, 1.165) is 11.3 Å². The van der Waals surface area contributed by atoms with Crippen LogP contribution in [0.3, 0.4) is 0 Å². The van der Waals surface area contributed by atoms with Gasteiger partial charge in [-0.25, -0.2) is 0 Å². The summed E-state index contributed by atoms with van der Waals surface area (Å²) in [6.45, 7) is 0.261. The molecule has 0 atom stereocenters. The molecule has 0 radical (unpaired) electrons. The summed E-state index contributed by atoms with van der Waals surface area (Å²) in [7, 11) is 4.71. The zero-order valence-corrected chi connectivity index (χ0v) is 19.3. The van der Waals surface area contributed by atoms with Crippen molar-refractivity contribution in [3.05, 3.63) is 89.6 Å². The fraction of sp³-hybridized carbons (Fsp3) is 0.185. The van der Waals surface area contributed by atoms with Crippen LogP contribution in [0.1, 0.15) is 11.1 Å². The molecule has 4 rings (SSSR count). The molecule has 1 aliphatic rings. The predicted octanol–water partition coefficient (Wildman–Crippen LogP) is 4.15. The van der Waals surface area contributed by atoms with Crippen LogP contribution in [0.4, 0.5) is 5.69 Å². The SMILES string of the molecule is COc1ccc(CCN2C(=O)C(Nc3ccc(OC)c(OC)c3)=C(c3ccccc3)C2=O)cc1. The molecule has 3 aromatic carbocycles. The number of anilines is 1. The van der Waals surface area contributed by atoms with E-state index in [9.17, 15) is 9.59 Å². The number of nitrogens with zero attached hydrogens (tertiary/aromatic N) is 1. The maximum Gasteiger partial charge on any atom is 0.278 e. The highest BCUT2D eigenvalue weighted by molar-refractivity contribution is 6.36. The molecule has 174 valence electrons. The van der Waals surface area contributed by atoms with E-state index < -0.39 is 0 Å². The predicted molar refractivity (Wildman–Crippen MR) is 130 cm³/mol. The number of imide groups is 1. The highest BCUT2D eigenvalue weighted by atomic mass is 16.5. The second-order valence-corrected chi connectivity index (χ2v) is 7.67. The molecule has 0 bridgehead atoms. The van der Waals surface area contributed by atoms with Gasteiger partial charge in [0.1, 0.15) is 11.4 Å². The Bertz CT molecular complexity index is 1220. The Labute approximate surface area is 198 Å². The van der Waals surface area contributed by atoms with Gasteiger partial charge in [0.25, 0.3) is 11.8 Å². The first kappa shape index (κ1) is 22.9. The fourth-order valence-corrected chi connectivity index (χ4v) is 3.86. The molecular weight excluding hydrogens is 432 g/mol. The summed E-state index contributed by atoms with van der Waals surface area (Å²) in [5, 5.41) is 3.15. The normalized spacial score (nSPS) is 13.3. The van der Waals surface area contributed by atoms with Gasteiger partial charge in [-0.15, -0.1) is 0 Å². The average Bonchev–Trinajstić information content (AvgIpc) is 3.11. The molecule has 0 spiro atoms. The van der Waals surface area contributed by atoms with E-state index in [2.05, 4.69) is 5.32 Å². The maximum atomic E-state index is 13.4. The summed E-state index contributed by atoms with van der Waals surface area (Å²) in [4.78, 5) is 28.1. The molecule has 7 heteroatoms. The quantitative estimate of drug-likeness (QED) is 0.486. The topological polar surface area (TPSA) is 77.1 Å². The van der Waals surface area contributed by atoms with Crippen molar-refractivity contribution in [2.45, 2.75) is 6.42 Å². The van der Waals surface area contributed by atoms with Crippen molar-refractivity contribution in [3.8, 4) is 17.2 Å². The van der Waals surface area contributed by atoms with Gasteiger partial charge in [0.2, 0.25) is 0 Å². The number of methoxy groups -OCH3 is 3. The molecule has 0 unspecified atom stereocenters. The molecule has 0 aliphatic carbocycles. The minimum Gasteiger partial charge on any atom is -0.497 e. The number of benzene rings is 3. The van der Waals surface area contributed by atoms with Gasteiger partial charge in [0, 0.05) is 18.3 Å². The van der Waals surface area contributed by atoms with Gasteiger partial charge in [-0.05, 0) is 41.8 Å². The Hall–Kier alpha value is -4.26. The lowest BCUT2D eigenvalue weighted by molar-refractivity contribution is -0.136. The van der Waals surface area contributed by atoms with E-state index >= 15 is 0 Å². The van der Waals surface area contributed by atoms with Gasteiger partial charge >= 0.3 is 0 Å². The molecule has 0 saturated heterocycles. The van der Waals surface area contributed by atoms with Crippen LogP contribution in [0.25, 0.3) is 5.57 Å². The summed E-state index contributed by atoms with van der Waals surface area (Å²) in [6, 6.07) is 22.0. The van der Waals surface area contributed by atoms with E-state index in [4.69, 9.17) is 14.2 Å². The van der Waals surface area contributed by atoms with Gasteiger partial charge in [0.05, 0.1) is 26.9 Å². The highest BCUT2D eigenvalue weighted by Gasteiger charge is 2.39. The second-order valence-electron chi connectivity index (χ2n) is 7.67. The Kier molecular flexibility index (Phi) is 6.82. The molecule has 7 nitrogen and oxygen atoms in total. The van der Waals surface area contributed by atoms with Gasteiger partial charge < -0.3 is 19.5 Å². The molecule has 1 N–H and O–H groups in total. The van der Waals surface area contributed by atoms with Gasteiger partial charge in [-0.3, -0.25) is 14.5 Å². The number of nitrogens with one attached hydrogen (secondary N) is 1. The Morgan fingerprint density at radius 3 is 2.12 bits per heavy atom. The van der Waals surface area contributed by atoms with Gasteiger partial charge in [0.15, 0.2) is 11.5 Å². The maximum absolute atomic E-state index is 13.4. The first-order chi connectivity index (χ1) is 16.5. The molecule has 3 aromatic rings. The third-order valence-electron chi connectivity index (χ3n) is 5.67. The number of amides is 2. The Balaban J connectivity index is 1.63. The smallest absolute Gasteiger partial charge is 0.278 e. The highest BCUT2D eigenvalue weighted by Crippen LogP contribution is 2.34. The zero-order chi connectivity index (χ0) is 24.1. The molecule has 0 saturated carbocycles. The standard InChI is InChI=1S/C27H26N2O5/c1-32-21-12-9-18(10-13-21)15-16-29-26(30)24(19-7-5-4-6-8-19)25(27(29)31)28-20-11-14-22(33-2)23(17-20)34-3/h4-14,17,28H,15-16H2,1-3H3. The van der Waals surface area contributed by atoms with E-state index in [0.29, 0.717) is 34.7 Å². The molecule has 0 fully saturated rings. The number of carbonyl (C=O) groups is 2.